The first-order chi connectivity index (χ1) is 13.7. The summed E-state index contributed by atoms with van der Waals surface area (Å²) >= 11 is 0. The zero-order valence-corrected chi connectivity index (χ0v) is 18.9. The second kappa shape index (κ2) is 10.7. The van der Waals surface area contributed by atoms with E-state index in [2.05, 4.69) is 27.5 Å². The van der Waals surface area contributed by atoms with E-state index in [1.807, 2.05) is 42.2 Å². The molecule has 0 saturated carbocycles. The number of nitrogens with zero attached hydrogens (tertiary/aromatic N) is 5. The molecular weight excluding hydrogens is 423 g/mol. The van der Waals surface area contributed by atoms with E-state index in [4.69, 9.17) is 0 Å². The van der Waals surface area contributed by atoms with E-state index in [1.165, 1.54) is 0 Å². The van der Waals surface area contributed by atoms with Crippen LogP contribution in [0.25, 0.3) is 16.6 Å². The van der Waals surface area contributed by atoms with Gasteiger partial charge in [0.25, 0.3) is 5.91 Å². The zero-order chi connectivity index (χ0) is 19.5. The SMILES string of the molecule is CCNCC1CCN(C(=O)c2nnn(-c3cccc4cccnc34)c2C)CC1.Cl.Cl. The number of benzene rings is 1. The summed E-state index contributed by atoms with van der Waals surface area (Å²) in [6, 6.07) is 9.87. The molecule has 0 atom stereocenters. The minimum atomic E-state index is -0.0288. The summed E-state index contributed by atoms with van der Waals surface area (Å²) in [4.78, 5) is 19.4. The van der Waals surface area contributed by atoms with Crippen molar-refractivity contribution in [2.24, 2.45) is 5.92 Å². The highest BCUT2D eigenvalue weighted by Gasteiger charge is 2.27. The third kappa shape index (κ3) is 4.74. The Hall–Kier alpha value is -2.22. The number of aromatic nitrogens is 4. The molecule has 0 radical (unpaired) electrons. The molecule has 3 aromatic rings. The summed E-state index contributed by atoms with van der Waals surface area (Å²) in [5.41, 5.74) is 2.86. The lowest BCUT2D eigenvalue weighted by Gasteiger charge is -2.31. The van der Waals surface area contributed by atoms with Gasteiger partial charge in [-0.3, -0.25) is 9.78 Å². The van der Waals surface area contributed by atoms with E-state index in [0.29, 0.717) is 11.6 Å². The highest BCUT2D eigenvalue weighted by Crippen LogP contribution is 2.23. The van der Waals surface area contributed by atoms with Crippen LogP contribution in [0.3, 0.4) is 0 Å². The van der Waals surface area contributed by atoms with Crippen molar-refractivity contribution in [2.45, 2.75) is 26.7 Å². The van der Waals surface area contributed by atoms with E-state index in [1.54, 1.807) is 10.9 Å². The highest BCUT2D eigenvalue weighted by molar-refractivity contribution is 5.94. The van der Waals surface area contributed by atoms with E-state index in [-0.39, 0.29) is 30.7 Å². The molecule has 162 valence electrons. The van der Waals surface area contributed by atoms with Gasteiger partial charge in [-0.05, 0) is 50.9 Å². The van der Waals surface area contributed by atoms with Gasteiger partial charge in [0.1, 0.15) is 0 Å². The molecule has 1 saturated heterocycles. The normalized spacial score (nSPS) is 14.3. The predicted octanol–water partition coefficient (Wildman–Crippen LogP) is 3.43. The van der Waals surface area contributed by atoms with Crippen LogP contribution in [0.1, 0.15) is 35.9 Å². The summed E-state index contributed by atoms with van der Waals surface area (Å²) in [6.07, 6.45) is 3.82. The Labute approximate surface area is 189 Å². The van der Waals surface area contributed by atoms with Gasteiger partial charge in [0.2, 0.25) is 0 Å². The number of carbonyl (C=O) groups excluding carboxylic acids is 1. The van der Waals surface area contributed by atoms with Crippen molar-refractivity contribution in [3.05, 3.63) is 47.9 Å². The van der Waals surface area contributed by atoms with Crippen molar-refractivity contribution in [1.29, 1.82) is 0 Å². The number of hydrogen-bond acceptors (Lipinski definition) is 5. The fraction of sp³-hybridized carbons (Fsp3) is 0.429. The quantitative estimate of drug-likeness (QED) is 0.644. The monoisotopic (exact) mass is 450 g/mol. The molecule has 1 fully saturated rings. The first kappa shape index (κ1) is 24.1. The first-order valence-corrected chi connectivity index (χ1v) is 9.95. The Kier molecular flexibility index (Phi) is 8.58. The number of piperidine rings is 1. The largest absolute Gasteiger partial charge is 0.337 e. The molecule has 2 aromatic heterocycles. The Morgan fingerprint density at radius 1 is 1.17 bits per heavy atom. The molecule has 1 amide bonds. The molecule has 0 unspecified atom stereocenters. The molecule has 9 heteroatoms. The summed E-state index contributed by atoms with van der Waals surface area (Å²) < 4.78 is 1.72. The van der Waals surface area contributed by atoms with Crippen molar-refractivity contribution < 1.29 is 4.79 Å². The van der Waals surface area contributed by atoms with Crippen LogP contribution in [0, 0.1) is 12.8 Å². The summed E-state index contributed by atoms with van der Waals surface area (Å²) in [5.74, 6) is 0.612. The number of hydrogen-bond donors (Lipinski definition) is 1. The summed E-state index contributed by atoms with van der Waals surface area (Å²) in [6.45, 7) is 7.59. The molecule has 1 aliphatic heterocycles. The Balaban J connectivity index is 0.00000160. The molecule has 0 aliphatic carbocycles. The van der Waals surface area contributed by atoms with Gasteiger partial charge in [-0.25, -0.2) is 4.68 Å². The molecule has 4 rings (SSSR count). The van der Waals surface area contributed by atoms with Gasteiger partial charge in [-0.15, -0.1) is 29.9 Å². The fourth-order valence-corrected chi connectivity index (χ4v) is 3.85. The number of amides is 1. The molecule has 0 spiro atoms. The van der Waals surface area contributed by atoms with Crippen LogP contribution in [-0.2, 0) is 0 Å². The van der Waals surface area contributed by atoms with Crippen LogP contribution < -0.4 is 5.32 Å². The van der Waals surface area contributed by atoms with Gasteiger partial charge >= 0.3 is 0 Å². The molecule has 1 aromatic carbocycles. The topological polar surface area (TPSA) is 75.9 Å². The number of pyridine rings is 1. The van der Waals surface area contributed by atoms with Crippen LogP contribution in [0.5, 0.6) is 0 Å². The minimum Gasteiger partial charge on any atom is -0.337 e. The number of carbonyl (C=O) groups is 1. The number of halogens is 2. The lowest BCUT2D eigenvalue weighted by Crippen LogP contribution is -2.41. The molecule has 0 bridgehead atoms. The average Bonchev–Trinajstić information content (AvgIpc) is 3.12. The van der Waals surface area contributed by atoms with E-state index < -0.39 is 0 Å². The average molecular weight is 451 g/mol. The van der Waals surface area contributed by atoms with Gasteiger partial charge < -0.3 is 10.2 Å². The molecule has 1 aliphatic rings. The maximum Gasteiger partial charge on any atom is 0.276 e. The third-order valence-electron chi connectivity index (χ3n) is 5.52. The Morgan fingerprint density at radius 2 is 1.90 bits per heavy atom. The van der Waals surface area contributed by atoms with Crippen LogP contribution in [0.2, 0.25) is 0 Å². The van der Waals surface area contributed by atoms with Crippen molar-refractivity contribution in [2.75, 3.05) is 26.2 Å². The van der Waals surface area contributed by atoms with Crippen LogP contribution in [0.4, 0.5) is 0 Å². The van der Waals surface area contributed by atoms with Crippen LogP contribution in [-0.4, -0.2) is 57.0 Å². The van der Waals surface area contributed by atoms with E-state index >= 15 is 0 Å². The molecule has 1 N–H and O–H groups in total. The van der Waals surface area contributed by atoms with Crippen molar-refractivity contribution in [1.82, 2.24) is 30.2 Å². The van der Waals surface area contributed by atoms with Crippen molar-refractivity contribution in [3.63, 3.8) is 0 Å². The summed E-state index contributed by atoms with van der Waals surface area (Å²) in [7, 11) is 0. The smallest absolute Gasteiger partial charge is 0.276 e. The van der Waals surface area contributed by atoms with Gasteiger partial charge in [0, 0.05) is 24.7 Å². The standard InChI is InChI=1S/C21H26N6O.2ClH/c1-3-22-14-16-9-12-26(13-10-16)21(28)19-15(2)27(25-24-19)18-8-4-6-17-7-5-11-23-20(17)18;;/h4-8,11,16,22H,3,9-10,12-14H2,1-2H3;2*1H. The predicted molar refractivity (Wildman–Crippen MR) is 123 cm³/mol. The second-order valence-electron chi connectivity index (χ2n) is 7.33. The summed E-state index contributed by atoms with van der Waals surface area (Å²) in [5, 5.41) is 12.9. The molecule has 3 heterocycles. The lowest BCUT2D eigenvalue weighted by atomic mass is 9.96. The number of fused-ring (bicyclic) bond motifs is 1. The van der Waals surface area contributed by atoms with Gasteiger partial charge in [0.15, 0.2) is 5.69 Å². The maximum absolute atomic E-state index is 13.0. The zero-order valence-electron chi connectivity index (χ0n) is 17.2. The van der Waals surface area contributed by atoms with Crippen molar-refractivity contribution >= 4 is 41.6 Å². The second-order valence-corrected chi connectivity index (χ2v) is 7.33. The first-order valence-electron chi connectivity index (χ1n) is 9.95. The van der Waals surface area contributed by atoms with Crippen LogP contribution in [0.15, 0.2) is 36.5 Å². The van der Waals surface area contributed by atoms with E-state index in [9.17, 15) is 4.79 Å². The fourth-order valence-electron chi connectivity index (χ4n) is 3.85. The maximum atomic E-state index is 13.0. The minimum absolute atomic E-state index is 0. The van der Waals surface area contributed by atoms with Crippen LogP contribution >= 0.6 is 24.8 Å². The third-order valence-corrected chi connectivity index (χ3v) is 5.52. The number of rotatable bonds is 5. The molecule has 7 nitrogen and oxygen atoms in total. The Bertz CT molecular complexity index is 979. The van der Waals surface area contributed by atoms with Gasteiger partial charge in [0.05, 0.1) is 16.9 Å². The molecular formula is C21H28Cl2N6O. The number of para-hydroxylation sites is 1. The van der Waals surface area contributed by atoms with Gasteiger partial charge in [-0.2, -0.15) is 0 Å². The number of likely N-dealkylation sites (tertiary alicyclic amines) is 1. The highest BCUT2D eigenvalue weighted by atomic mass is 35.5. The Morgan fingerprint density at radius 3 is 2.63 bits per heavy atom. The number of nitrogens with one attached hydrogen (secondary N) is 1. The molecule has 30 heavy (non-hydrogen) atoms. The van der Waals surface area contributed by atoms with E-state index in [0.717, 1.165) is 61.3 Å². The lowest BCUT2D eigenvalue weighted by molar-refractivity contribution is 0.0683. The van der Waals surface area contributed by atoms with Crippen molar-refractivity contribution in [3.8, 4) is 5.69 Å². The van der Waals surface area contributed by atoms with Gasteiger partial charge in [-0.1, -0.05) is 30.3 Å².